The van der Waals surface area contributed by atoms with Crippen molar-refractivity contribution in [2.24, 2.45) is 5.92 Å². The number of halogens is 1. The minimum Gasteiger partial charge on any atom is -0.486 e. The van der Waals surface area contributed by atoms with E-state index in [4.69, 9.17) is 9.47 Å². The van der Waals surface area contributed by atoms with Gasteiger partial charge < -0.3 is 9.47 Å². The molecule has 0 amide bonds. The number of sulfonamides is 1. The molecule has 116 valence electrons. The lowest BCUT2D eigenvalue weighted by molar-refractivity contribution is 0.171. The Morgan fingerprint density at radius 3 is 2.57 bits per heavy atom. The van der Waals surface area contributed by atoms with E-state index in [1.165, 1.54) is 0 Å². The van der Waals surface area contributed by atoms with Crippen molar-refractivity contribution >= 4 is 26.0 Å². The smallest absolute Gasteiger partial charge is 0.244 e. The van der Waals surface area contributed by atoms with Gasteiger partial charge in [0.25, 0.3) is 0 Å². The Balaban J connectivity index is 1.98. The molecule has 21 heavy (non-hydrogen) atoms. The SMILES string of the molecule is CC1CCCN(S(=O)(=O)c2cc3c(cc2Br)OCCO3)C1. The third kappa shape index (κ3) is 2.91. The molecule has 0 bridgehead atoms. The maximum absolute atomic E-state index is 12.8. The second-order valence-electron chi connectivity index (χ2n) is 5.54. The first-order chi connectivity index (χ1) is 9.98. The van der Waals surface area contributed by atoms with E-state index in [9.17, 15) is 8.42 Å². The maximum Gasteiger partial charge on any atom is 0.244 e. The zero-order valence-corrected chi connectivity index (χ0v) is 14.2. The molecule has 2 aliphatic rings. The summed E-state index contributed by atoms with van der Waals surface area (Å²) >= 11 is 3.35. The van der Waals surface area contributed by atoms with Gasteiger partial charge >= 0.3 is 0 Å². The highest BCUT2D eigenvalue weighted by atomic mass is 79.9. The van der Waals surface area contributed by atoms with Gasteiger partial charge in [0, 0.05) is 23.6 Å². The Morgan fingerprint density at radius 2 is 1.90 bits per heavy atom. The molecule has 0 N–H and O–H groups in total. The minimum absolute atomic E-state index is 0.251. The fourth-order valence-corrected chi connectivity index (χ4v) is 5.34. The molecule has 0 radical (unpaired) electrons. The largest absolute Gasteiger partial charge is 0.486 e. The average Bonchev–Trinajstić information content (AvgIpc) is 2.46. The lowest BCUT2D eigenvalue weighted by Gasteiger charge is -2.30. The monoisotopic (exact) mass is 375 g/mol. The Hall–Kier alpha value is -0.790. The molecule has 1 unspecified atom stereocenters. The first kappa shape index (κ1) is 15.1. The highest BCUT2D eigenvalue weighted by molar-refractivity contribution is 9.10. The average molecular weight is 376 g/mol. The molecule has 1 atom stereocenters. The molecule has 0 spiro atoms. The van der Waals surface area contributed by atoms with Crippen molar-refractivity contribution in [3.05, 3.63) is 16.6 Å². The molecule has 0 aliphatic carbocycles. The summed E-state index contributed by atoms with van der Waals surface area (Å²) in [4.78, 5) is 0.251. The van der Waals surface area contributed by atoms with Crippen LogP contribution in [0.15, 0.2) is 21.5 Å². The number of rotatable bonds is 2. The van der Waals surface area contributed by atoms with Gasteiger partial charge in [0.2, 0.25) is 10.0 Å². The van der Waals surface area contributed by atoms with Gasteiger partial charge in [0.05, 0.1) is 0 Å². The first-order valence-corrected chi connectivity index (χ1v) is 9.31. The summed E-state index contributed by atoms with van der Waals surface area (Å²) < 4.78 is 38.7. The molecule has 2 heterocycles. The molecular formula is C14H18BrNO4S. The summed E-state index contributed by atoms with van der Waals surface area (Å²) in [7, 11) is -3.51. The van der Waals surface area contributed by atoms with Gasteiger partial charge in [-0.2, -0.15) is 4.31 Å². The van der Waals surface area contributed by atoms with E-state index in [-0.39, 0.29) is 4.90 Å². The number of hydrogen-bond acceptors (Lipinski definition) is 4. The van der Waals surface area contributed by atoms with E-state index in [1.807, 2.05) is 0 Å². The van der Waals surface area contributed by atoms with Gasteiger partial charge in [-0.15, -0.1) is 0 Å². The third-order valence-electron chi connectivity index (χ3n) is 3.83. The number of nitrogens with zero attached hydrogens (tertiary/aromatic N) is 1. The number of fused-ring (bicyclic) bond motifs is 1. The fraction of sp³-hybridized carbons (Fsp3) is 0.571. The van der Waals surface area contributed by atoms with Crippen molar-refractivity contribution in [2.75, 3.05) is 26.3 Å². The topological polar surface area (TPSA) is 55.8 Å². The zero-order chi connectivity index (χ0) is 15.0. The molecule has 0 aromatic heterocycles. The Labute approximate surface area is 133 Å². The number of ether oxygens (including phenoxy) is 2. The van der Waals surface area contributed by atoms with Gasteiger partial charge in [-0.3, -0.25) is 0 Å². The van der Waals surface area contributed by atoms with E-state index in [2.05, 4.69) is 22.9 Å². The van der Waals surface area contributed by atoms with Crippen molar-refractivity contribution in [1.29, 1.82) is 0 Å². The second kappa shape index (κ2) is 5.78. The van der Waals surface area contributed by atoms with Crippen LogP contribution in [0.3, 0.4) is 0 Å². The van der Waals surface area contributed by atoms with Crippen molar-refractivity contribution in [2.45, 2.75) is 24.7 Å². The van der Waals surface area contributed by atoms with E-state index in [0.717, 1.165) is 12.8 Å². The summed E-state index contributed by atoms with van der Waals surface area (Å²) in [6.07, 6.45) is 1.98. The van der Waals surface area contributed by atoms with Gasteiger partial charge in [0.1, 0.15) is 18.1 Å². The van der Waals surface area contributed by atoms with Crippen LogP contribution >= 0.6 is 15.9 Å². The predicted octanol–water partition coefficient (Wildman–Crippen LogP) is 2.64. The number of hydrogen-bond donors (Lipinski definition) is 0. The van der Waals surface area contributed by atoms with Gasteiger partial charge in [-0.05, 0) is 40.8 Å². The van der Waals surface area contributed by atoms with E-state index < -0.39 is 10.0 Å². The standard InChI is InChI=1S/C14H18BrNO4S/c1-10-3-2-4-16(9-10)21(17,18)14-8-13-12(7-11(14)15)19-5-6-20-13/h7-8,10H,2-6,9H2,1H3. The van der Waals surface area contributed by atoms with Gasteiger partial charge in [0.15, 0.2) is 11.5 Å². The lowest BCUT2D eigenvalue weighted by atomic mass is 10.0. The van der Waals surface area contributed by atoms with Crippen molar-refractivity contribution in [1.82, 2.24) is 4.31 Å². The number of piperidine rings is 1. The summed E-state index contributed by atoms with van der Waals surface area (Å²) in [5, 5.41) is 0. The normalized spacial score (nSPS) is 23.0. The van der Waals surface area contributed by atoms with Gasteiger partial charge in [-0.1, -0.05) is 6.92 Å². The molecule has 0 saturated carbocycles. The predicted molar refractivity (Wildman–Crippen MR) is 82.3 cm³/mol. The third-order valence-corrected chi connectivity index (χ3v) is 6.66. The fourth-order valence-electron chi connectivity index (χ4n) is 2.75. The summed E-state index contributed by atoms with van der Waals surface area (Å²) in [5.74, 6) is 1.47. The highest BCUT2D eigenvalue weighted by Gasteiger charge is 2.31. The van der Waals surface area contributed by atoms with Crippen LogP contribution in [-0.2, 0) is 10.0 Å². The molecule has 1 aromatic rings. The van der Waals surface area contributed by atoms with Crippen LogP contribution in [0, 0.1) is 5.92 Å². The quantitative estimate of drug-likeness (QED) is 0.797. The van der Waals surface area contributed by atoms with E-state index >= 15 is 0 Å². The van der Waals surface area contributed by atoms with Crippen LogP contribution in [0.2, 0.25) is 0 Å². The van der Waals surface area contributed by atoms with Gasteiger partial charge in [-0.25, -0.2) is 8.42 Å². The van der Waals surface area contributed by atoms with Crippen molar-refractivity contribution in [3.63, 3.8) is 0 Å². The Kier molecular flexibility index (Phi) is 4.16. The molecular weight excluding hydrogens is 358 g/mol. The zero-order valence-electron chi connectivity index (χ0n) is 11.8. The van der Waals surface area contributed by atoms with Crippen molar-refractivity contribution in [3.8, 4) is 11.5 Å². The molecule has 3 rings (SSSR count). The first-order valence-electron chi connectivity index (χ1n) is 7.08. The number of benzene rings is 1. The lowest BCUT2D eigenvalue weighted by Crippen LogP contribution is -2.39. The van der Waals surface area contributed by atoms with Crippen LogP contribution in [0.4, 0.5) is 0 Å². The molecule has 1 aromatic carbocycles. The van der Waals surface area contributed by atoms with E-state index in [0.29, 0.717) is 48.2 Å². The molecule has 7 heteroatoms. The van der Waals surface area contributed by atoms with Crippen LogP contribution in [0.25, 0.3) is 0 Å². The summed E-state index contributed by atoms with van der Waals surface area (Å²) in [5.41, 5.74) is 0. The summed E-state index contributed by atoms with van der Waals surface area (Å²) in [6, 6.07) is 3.24. The molecule has 1 fully saturated rings. The minimum atomic E-state index is -3.51. The van der Waals surface area contributed by atoms with Crippen LogP contribution < -0.4 is 9.47 Å². The van der Waals surface area contributed by atoms with Crippen LogP contribution in [0.1, 0.15) is 19.8 Å². The Bertz CT molecular complexity index is 647. The van der Waals surface area contributed by atoms with E-state index in [1.54, 1.807) is 16.4 Å². The summed E-state index contributed by atoms with van der Waals surface area (Å²) in [6.45, 7) is 4.15. The highest BCUT2D eigenvalue weighted by Crippen LogP contribution is 2.39. The van der Waals surface area contributed by atoms with Crippen LogP contribution in [-0.4, -0.2) is 39.0 Å². The Morgan fingerprint density at radius 1 is 1.24 bits per heavy atom. The van der Waals surface area contributed by atoms with Crippen LogP contribution in [0.5, 0.6) is 11.5 Å². The second-order valence-corrected chi connectivity index (χ2v) is 8.30. The molecule has 2 aliphatic heterocycles. The molecule has 5 nitrogen and oxygen atoms in total. The molecule has 1 saturated heterocycles. The maximum atomic E-state index is 12.8. The van der Waals surface area contributed by atoms with Crippen molar-refractivity contribution < 1.29 is 17.9 Å².